The molecule has 3 aromatic rings. The van der Waals surface area contributed by atoms with Crippen LogP contribution in [0.1, 0.15) is 29.9 Å². The predicted molar refractivity (Wildman–Crippen MR) is 116 cm³/mol. The molecule has 9 heteroatoms. The van der Waals surface area contributed by atoms with Gasteiger partial charge in [0.15, 0.2) is 5.13 Å². The Hall–Kier alpha value is -2.62. The number of nitrogens with zero attached hydrogens (tertiary/aromatic N) is 3. The first-order valence-corrected chi connectivity index (χ1v) is 11.7. The lowest BCUT2D eigenvalue weighted by Gasteiger charge is -2.22. The number of amides is 1. The maximum absolute atomic E-state index is 14.7. The molecular weight excluding hydrogens is 425 g/mol. The molecule has 0 atom stereocenters. The Morgan fingerprint density at radius 2 is 1.77 bits per heavy atom. The van der Waals surface area contributed by atoms with E-state index < -0.39 is 21.7 Å². The standard InChI is InChI=1S/C21H22FN3O3S2/c1-4-24(5-2)30(27,28)17-11-12-19(22)18(13-17)20(26)25(16-9-7-6-8-10-16)21-23-15(3)14-29-21/h6-14H,4-5H2,1-3H3. The van der Waals surface area contributed by atoms with E-state index in [1.165, 1.54) is 26.6 Å². The summed E-state index contributed by atoms with van der Waals surface area (Å²) in [6.45, 7) is 5.78. The molecule has 0 aliphatic heterocycles. The zero-order chi connectivity index (χ0) is 21.9. The third-order valence-corrected chi connectivity index (χ3v) is 7.52. The van der Waals surface area contributed by atoms with Gasteiger partial charge >= 0.3 is 0 Å². The predicted octanol–water partition coefficient (Wildman–Crippen LogP) is 4.60. The molecule has 1 heterocycles. The molecule has 30 heavy (non-hydrogen) atoms. The van der Waals surface area contributed by atoms with Gasteiger partial charge in [0.1, 0.15) is 5.82 Å². The van der Waals surface area contributed by atoms with Gasteiger partial charge in [0, 0.05) is 18.5 Å². The molecule has 1 aromatic heterocycles. The average molecular weight is 448 g/mol. The maximum Gasteiger partial charge on any atom is 0.267 e. The quantitative estimate of drug-likeness (QED) is 0.531. The van der Waals surface area contributed by atoms with Crippen LogP contribution in [-0.4, -0.2) is 36.7 Å². The average Bonchev–Trinajstić information content (AvgIpc) is 3.15. The lowest BCUT2D eigenvalue weighted by atomic mass is 10.1. The number of sulfonamides is 1. The van der Waals surface area contributed by atoms with Crippen molar-refractivity contribution in [3.8, 4) is 0 Å². The highest BCUT2D eigenvalue weighted by Gasteiger charge is 2.28. The lowest BCUT2D eigenvalue weighted by molar-refractivity contribution is 0.0995. The van der Waals surface area contributed by atoms with Crippen LogP contribution in [0.4, 0.5) is 15.2 Å². The Bertz CT molecular complexity index is 1140. The molecule has 0 bridgehead atoms. The van der Waals surface area contributed by atoms with Crippen LogP contribution in [0.25, 0.3) is 0 Å². The number of anilines is 2. The number of carbonyl (C=O) groups excluding carboxylic acids is 1. The van der Waals surface area contributed by atoms with Crippen molar-refractivity contribution in [2.24, 2.45) is 0 Å². The Morgan fingerprint density at radius 1 is 1.10 bits per heavy atom. The summed E-state index contributed by atoms with van der Waals surface area (Å²) in [5.41, 5.74) is 0.898. The smallest absolute Gasteiger partial charge is 0.267 e. The van der Waals surface area contributed by atoms with Crippen LogP contribution in [-0.2, 0) is 10.0 Å². The number of halogens is 1. The van der Waals surface area contributed by atoms with Crippen LogP contribution < -0.4 is 4.90 Å². The van der Waals surface area contributed by atoms with Crippen molar-refractivity contribution in [1.29, 1.82) is 0 Å². The van der Waals surface area contributed by atoms with Gasteiger partial charge in [0.2, 0.25) is 10.0 Å². The molecular formula is C21H22FN3O3S2. The highest BCUT2D eigenvalue weighted by atomic mass is 32.2. The van der Waals surface area contributed by atoms with Gasteiger partial charge in [-0.2, -0.15) is 4.31 Å². The van der Waals surface area contributed by atoms with Crippen LogP contribution in [0.3, 0.4) is 0 Å². The number of aryl methyl sites for hydroxylation is 1. The normalized spacial score (nSPS) is 11.6. The summed E-state index contributed by atoms with van der Waals surface area (Å²) in [6, 6.07) is 12.0. The number of hydrogen-bond acceptors (Lipinski definition) is 5. The van der Waals surface area contributed by atoms with Crippen molar-refractivity contribution >= 4 is 38.1 Å². The Morgan fingerprint density at radius 3 is 2.33 bits per heavy atom. The van der Waals surface area contributed by atoms with E-state index in [0.29, 0.717) is 10.8 Å². The summed E-state index contributed by atoms with van der Waals surface area (Å²) in [7, 11) is -3.84. The number of benzene rings is 2. The summed E-state index contributed by atoms with van der Waals surface area (Å²) in [5.74, 6) is -1.49. The lowest BCUT2D eigenvalue weighted by Crippen LogP contribution is -2.31. The highest BCUT2D eigenvalue weighted by molar-refractivity contribution is 7.89. The molecule has 0 saturated carbocycles. The largest absolute Gasteiger partial charge is 0.268 e. The fraction of sp³-hybridized carbons (Fsp3) is 0.238. The number of para-hydroxylation sites is 1. The van der Waals surface area contributed by atoms with E-state index >= 15 is 0 Å². The molecule has 1 amide bonds. The topological polar surface area (TPSA) is 70.6 Å². The minimum Gasteiger partial charge on any atom is -0.268 e. The third kappa shape index (κ3) is 4.28. The second-order valence-electron chi connectivity index (χ2n) is 6.48. The molecule has 6 nitrogen and oxygen atoms in total. The fourth-order valence-electron chi connectivity index (χ4n) is 3.00. The summed E-state index contributed by atoms with van der Waals surface area (Å²) in [6.07, 6.45) is 0. The summed E-state index contributed by atoms with van der Waals surface area (Å²) in [4.78, 5) is 18.9. The highest BCUT2D eigenvalue weighted by Crippen LogP contribution is 2.31. The zero-order valence-electron chi connectivity index (χ0n) is 16.9. The molecule has 0 N–H and O–H groups in total. The number of aromatic nitrogens is 1. The molecule has 0 aliphatic rings. The SMILES string of the molecule is CCN(CC)S(=O)(=O)c1ccc(F)c(C(=O)N(c2ccccc2)c2nc(C)cs2)c1. The van der Waals surface area contributed by atoms with Crippen molar-refractivity contribution in [2.45, 2.75) is 25.7 Å². The molecule has 0 aliphatic carbocycles. The monoisotopic (exact) mass is 447 g/mol. The first-order valence-electron chi connectivity index (χ1n) is 9.41. The maximum atomic E-state index is 14.7. The number of rotatable bonds is 7. The van der Waals surface area contributed by atoms with Crippen molar-refractivity contribution in [3.63, 3.8) is 0 Å². The zero-order valence-corrected chi connectivity index (χ0v) is 18.5. The molecule has 0 radical (unpaired) electrons. The summed E-state index contributed by atoms with van der Waals surface area (Å²) >= 11 is 1.25. The van der Waals surface area contributed by atoms with E-state index in [-0.39, 0.29) is 23.5 Å². The third-order valence-electron chi connectivity index (χ3n) is 4.53. The second kappa shape index (κ2) is 9.03. The van der Waals surface area contributed by atoms with E-state index in [1.807, 2.05) is 0 Å². The summed E-state index contributed by atoms with van der Waals surface area (Å²) < 4.78 is 41.7. The number of thiazole rings is 1. The van der Waals surface area contributed by atoms with E-state index in [4.69, 9.17) is 0 Å². The molecule has 158 valence electrons. The van der Waals surface area contributed by atoms with E-state index in [0.717, 1.165) is 17.8 Å². The van der Waals surface area contributed by atoms with Crippen LogP contribution in [0, 0.1) is 12.7 Å². The van der Waals surface area contributed by atoms with Gasteiger partial charge in [0.25, 0.3) is 5.91 Å². The van der Waals surface area contributed by atoms with Gasteiger partial charge in [-0.25, -0.2) is 17.8 Å². The van der Waals surface area contributed by atoms with Crippen LogP contribution >= 0.6 is 11.3 Å². The van der Waals surface area contributed by atoms with Gasteiger partial charge < -0.3 is 0 Å². The van der Waals surface area contributed by atoms with Gasteiger partial charge in [-0.05, 0) is 37.3 Å². The second-order valence-corrected chi connectivity index (χ2v) is 9.25. The first kappa shape index (κ1) is 22.1. The Labute approximate surface area is 179 Å². The fourth-order valence-corrected chi connectivity index (χ4v) is 5.30. The van der Waals surface area contributed by atoms with Crippen molar-refractivity contribution in [3.05, 3.63) is 71.0 Å². The van der Waals surface area contributed by atoms with Crippen LogP contribution in [0.15, 0.2) is 58.8 Å². The van der Waals surface area contributed by atoms with Crippen LogP contribution in [0.5, 0.6) is 0 Å². The Kier molecular flexibility index (Phi) is 6.64. The molecule has 0 fully saturated rings. The number of carbonyl (C=O) groups is 1. The minimum atomic E-state index is -3.84. The molecule has 0 spiro atoms. The summed E-state index contributed by atoms with van der Waals surface area (Å²) in [5, 5.41) is 2.16. The number of hydrogen-bond donors (Lipinski definition) is 0. The first-order chi connectivity index (χ1) is 14.3. The molecule has 0 unspecified atom stereocenters. The van der Waals surface area contributed by atoms with Crippen LogP contribution in [0.2, 0.25) is 0 Å². The van der Waals surface area contributed by atoms with Crippen molar-refractivity contribution in [1.82, 2.24) is 9.29 Å². The molecule has 2 aromatic carbocycles. The van der Waals surface area contributed by atoms with E-state index in [1.54, 1.807) is 56.5 Å². The molecule has 3 rings (SSSR count). The van der Waals surface area contributed by atoms with Gasteiger partial charge in [0.05, 0.1) is 21.8 Å². The van der Waals surface area contributed by atoms with Crippen molar-refractivity contribution in [2.75, 3.05) is 18.0 Å². The van der Waals surface area contributed by atoms with E-state index in [9.17, 15) is 17.6 Å². The van der Waals surface area contributed by atoms with Gasteiger partial charge in [-0.1, -0.05) is 32.0 Å². The minimum absolute atomic E-state index is 0.126. The molecule has 0 saturated heterocycles. The van der Waals surface area contributed by atoms with Gasteiger partial charge in [-0.3, -0.25) is 9.69 Å². The van der Waals surface area contributed by atoms with Crippen molar-refractivity contribution < 1.29 is 17.6 Å². The van der Waals surface area contributed by atoms with Gasteiger partial charge in [-0.15, -0.1) is 11.3 Å². The van der Waals surface area contributed by atoms with E-state index in [2.05, 4.69) is 4.98 Å². The Balaban J connectivity index is 2.12.